The zero-order valence-corrected chi connectivity index (χ0v) is 11.8. The second-order valence-electron chi connectivity index (χ2n) is 5.92. The molecule has 4 nitrogen and oxygen atoms in total. The maximum atomic E-state index is 12.0. The molecule has 0 atom stereocenters. The highest BCUT2D eigenvalue weighted by Crippen LogP contribution is 2.29. The van der Waals surface area contributed by atoms with Crippen molar-refractivity contribution in [2.24, 2.45) is 5.92 Å². The van der Waals surface area contributed by atoms with Gasteiger partial charge in [0.2, 0.25) is 5.91 Å². The minimum absolute atomic E-state index is 0.134. The summed E-state index contributed by atoms with van der Waals surface area (Å²) in [7, 11) is 0. The van der Waals surface area contributed by atoms with E-state index in [0.717, 1.165) is 31.2 Å². The summed E-state index contributed by atoms with van der Waals surface area (Å²) in [4.78, 5) is 18.0. The average molecular weight is 274 g/mol. The van der Waals surface area contributed by atoms with Gasteiger partial charge in [0.15, 0.2) is 0 Å². The number of carbonyl (C=O) groups is 1. The van der Waals surface area contributed by atoms with Gasteiger partial charge in [0, 0.05) is 12.6 Å². The molecular formula is C16H22N2O2. The van der Waals surface area contributed by atoms with Gasteiger partial charge < -0.3 is 9.64 Å². The zero-order valence-electron chi connectivity index (χ0n) is 11.8. The Hall–Kier alpha value is -1.58. The number of likely N-dealkylation sites (tertiary alicyclic amines) is 1. The van der Waals surface area contributed by atoms with Crippen LogP contribution in [0.25, 0.3) is 0 Å². The number of carbonyl (C=O) groups excluding carboxylic acids is 1. The van der Waals surface area contributed by atoms with Crippen LogP contribution in [0.2, 0.25) is 0 Å². The van der Waals surface area contributed by atoms with E-state index in [9.17, 15) is 4.79 Å². The molecule has 0 N–H and O–H groups in total. The van der Waals surface area contributed by atoms with Crippen LogP contribution in [-0.2, 0) is 4.79 Å². The van der Waals surface area contributed by atoms with E-state index < -0.39 is 0 Å². The Bertz CT molecular complexity index is 437. The Kier molecular flexibility index (Phi) is 4.19. The smallest absolute Gasteiger partial charge is 0.222 e. The van der Waals surface area contributed by atoms with Crippen molar-refractivity contribution in [3.05, 3.63) is 24.5 Å². The lowest BCUT2D eigenvalue weighted by Gasteiger charge is -2.39. The van der Waals surface area contributed by atoms with Crippen LogP contribution >= 0.6 is 0 Å². The number of amides is 1. The molecule has 108 valence electrons. The van der Waals surface area contributed by atoms with Gasteiger partial charge in [-0.3, -0.25) is 9.78 Å². The van der Waals surface area contributed by atoms with E-state index in [0.29, 0.717) is 12.3 Å². The largest absolute Gasteiger partial charge is 0.485 e. The molecule has 2 heterocycles. The number of hydrogen-bond donors (Lipinski definition) is 0. The quantitative estimate of drug-likeness (QED) is 0.829. The lowest BCUT2D eigenvalue weighted by Crippen LogP contribution is -2.56. The second kappa shape index (κ2) is 6.25. The maximum absolute atomic E-state index is 12.0. The number of aromatic nitrogens is 1. The molecule has 2 aliphatic rings. The normalized spacial score (nSPS) is 19.9. The summed E-state index contributed by atoms with van der Waals surface area (Å²) in [6, 6.07) is 3.76. The molecule has 0 bridgehead atoms. The molecule has 1 amide bonds. The third kappa shape index (κ3) is 3.30. The van der Waals surface area contributed by atoms with Crippen LogP contribution in [0.15, 0.2) is 24.5 Å². The first-order valence-electron chi connectivity index (χ1n) is 7.66. The van der Waals surface area contributed by atoms with Crippen LogP contribution < -0.4 is 4.74 Å². The van der Waals surface area contributed by atoms with Gasteiger partial charge in [0.25, 0.3) is 0 Å². The number of nitrogens with zero attached hydrogens (tertiary/aromatic N) is 2. The highest BCUT2D eigenvalue weighted by Gasteiger charge is 2.32. The van der Waals surface area contributed by atoms with E-state index in [-0.39, 0.29) is 6.10 Å². The summed E-state index contributed by atoms with van der Waals surface area (Å²) in [5.74, 6) is 1.88. The van der Waals surface area contributed by atoms with Crippen molar-refractivity contribution in [2.75, 3.05) is 13.1 Å². The minimum Gasteiger partial charge on any atom is -0.485 e. The molecule has 0 spiro atoms. The van der Waals surface area contributed by atoms with E-state index >= 15 is 0 Å². The third-order valence-corrected chi connectivity index (χ3v) is 4.38. The molecule has 1 aliphatic heterocycles. The van der Waals surface area contributed by atoms with Gasteiger partial charge in [-0.2, -0.15) is 0 Å². The minimum atomic E-state index is 0.134. The van der Waals surface area contributed by atoms with Gasteiger partial charge in [-0.05, 0) is 24.5 Å². The van der Waals surface area contributed by atoms with Gasteiger partial charge in [-0.1, -0.05) is 25.7 Å². The lowest BCUT2D eigenvalue weighted by atomic mass is 10.0. The van der Waals surface area contributed by atoms with Crippen molar-refractivity contribution >= 4 is 5.91 Å². The lowest BCUT2D eigenvalue weighted by molar-refractivity contribution is -0.140. The number of pyridine rings is 1. The van der Waals surface area contributed by atoms with E-state index in [1.165, 1.54) is 25.7 Å². The molecule has 1 aliphatic carbocycles. The van der Waals surface area contributed by atoms with Gasteiger partial charge in [-0.15, -0.1) is 0 Å². The average Bonchev–Trinajstić information content (AvgIpc) is 2.94. The molecule has 0 radical (unpaired) electrons. The molecule has 20 heavy (non-hydrogen) atoms. The van der Waals surface area contributed by atoms with Gasteiger partial charge in [-0.25, -0.2) is 0 Å². The molecule has 1 aromatic heterocycles. The Morgan fingerprint density at radius 1 is 1.35 bits per heavy atom. The van der Waals surface area contributed by atoms with Crippen molar-refractivity contribution in [1.82, 2.24) is 9.88 Å². The maximum Gasteiger partial charge on any atom is 0.222 e. The number of rotatable bonds is 5. The Morgan fingerprint density at radius 2 is 2.15 bits per heavy atom. The Balaban J connectivity index is 1.35. The van der Waals surface area contributed by atoms with Crippen molar-refractivity contribution in [3.8, 4) is 5.75 Å². The summed E-state index contributed by atoms with van der Waals surface area (Å²) in [6.45, 7) is 1.44. The first-order chi connectivity index (χ1) is 9.81. The van der Waals surface area contributed by atoms with Crippen LogP contribution in [0.1, 0.15) is 38.5 Å². The van der Waals surface area contributed by atoms with Crippen LogP contribution in [0.5, 0.6) is 5.75 Å². The van der Waals surface area contributed by atoms with E-state index in [1.807, 2.05) is 17.0 Å². The van der Waals surface area contributed by atoms with Crippen molar-refractivity contribution in [3.63, 3.8) is 0 Å². The number of ether oxygens (including phenoxy) is 1. The molecule has 1 saturated heterocycles. The van der Waals surface area contributed by atoms with Crippen molar-refractivity contribution in [1.29, 1.82) is 0 Å². The van der Waals surface area contributed by atoms with Gasteiger partial charge >= 0.3 is 0 Å². The first kappa shape index (κ1) is 13.4. The first-order valence-corrected chi connectivity index (χ1v) is 7.66. The Morgan fingerprint density at radius 3 is 2.85 bits per heavy atom. The molecule has 3 rings (SSSR count). The van der Waals surface area contributed by atoms with Crippen LogP contribution in [0, 0.1) is 5.92 Å². The molecular weight excluding hydrogens is 252 g/mol. The van der Waals surface area contributed by atoms with Crippen LogP contribution in [-0.4, -0.2) is 35.0 Å². The fraction of sp³-hybridized carbons (Fsp3) is 0.625. The molecule has 1 aromatic rings. The van der Waals surface area contributed by atoms with Gasteiger partial charge in [0.1, 0.15) is 11.9 Å². The number of hydrogen-bond acceptors (Lipinski definition) is 3. The summed E-state index contributed by atoms with van der Waals surface area (Å²) >= 11 is 0. The third-order valence-electron chi connectivity index (χ3n) is 4.38. The summed E-state index contributed by atoms with van der Waals surface area (Å²) < 4.78 is 5.75. The molecule has 0 aromatic carbocycles. The summed E-state index contributed by atoms with van der Waals surface area (Å²) in [5.41, 5.74) is 0. The predicted octanol–water partition coefficient (Wildman–Crippen LogP) is 2.64. The fourth-order valence-electron chi connectivity index (χ4n) is 3.11. The molecule has 1 saturated carbocycles. The van der Waals surface area contributed by atoms with E-state index in [2.05, 4.69) is 4.98 Å². The van der Waals surface area contributed by atoms with Crippen LogP contribution in [0.3, 0.4) is 0 Å². The van der Waals surface area contributed by atoms with E-state index in [4.69, 9.17) is 4.74 Å². The SMILES string of the molecule is O=C(CCC1CCCC1)N1CC(Oc2cccnc2)C1. The predicted molar refractivity (Wildman–Crippen MR) is 76.4 cm³/mol. The highest BCUT2D eigenvalue weighted by molar-refractivity contribution is 5.77. The van der Waals surface area contributed by atoms with Crippen molar-refractivity contribution < 1.29 is 9.53 Å². The summed E-state index contributed by atoms with van der Waals surface area (Å²) in [6.07, 6.45) is 10.7. The van der Waals surface area contributed by atoms with E-state index in [1.54, 1.807) is 12.4 Å². The van der Waals surface area contributed by atoms with Crippen molar-refractivity contribution in [2.45, 2.75) is 44.6 Å². The zero-order chi connectivity index (χ0) is 13.8. The summed E-state index contributed by atoms with van der Waals surface area (Å²) in [5, 5.41) is 0. The topological polar surface area (TPSA) is 42.4 Å². The van der Waals surface area contributed by atoms with Gasteiger partial charge in [0.05, 0.1) is 19.3 Å². The molecule has 2 fully saturated rings. The Labute approximate surface area is 120 Å². The second-order valence-corrected chi connectivity index (χ2v) is 5.92. The van der Waals surface area contributed by atoms with Crippen LogP contribution in [0.4, 0.5) is 0 Å². The molecule has 0 unspecified atom stereocenters. The standard InChI is InChI=1S/C16H22N2O2/c19-16(8-7-13-4-1-2-5-13)18-11-15(12-18)20-14-6-3-9-17-10-14/h3,6,9-10,13,15H,1-2,4-5,7-8,11-12H2. The molecule has 4 heteroatoms. The fourth-order valence-corrected chi connectivity index (χ4v) is 3.11. The highest BCUT2D eigenvalue weighted by atomic mass is 16.5. The monoisotopic (exact) mass is 274 g/mol.